The molecule has 1 fully saturated rings. The van der Waals surface area contributed by atoms with E-state index in [0.717, 1.165) is 12.0 Å². The van der Waals surface area contributed by atoms with Crippen LogP contribution in [-0.4, -0.2) is 60.9 Å². The predicted octanol–water partition coefficient (Wildman–Crippen LogP) is 4.54. The lowest BCUT2D eigenvalue weighted by Crippen LogP contribution is -2.51. The second kappa shape index (κ2) is 12.0. The summed E-state index contributed by atoms with van der Waals surface area (Å²) in [6.45, 7) is 11.7. The van der Waals surface area contributed by atoms with Crippen molar-refractivity contribution in [3.8, 4) is 0 Å². The Morgan fingerprint density at radius 2 is 1.65 bits per heavy atom. The highest BCUT2D eigenvalue weighted by atomic mass is 19.1. The third-order valence-corrected chi connectivity index (χ3v) is 6.72. The smallest absolute Gasteiger partial charge is 0.244 e. The Labute approximate surface area is 202 Å². The summed E-state index contributed by atoms with van der Waals surface area (Å²) in [5, 5.41) is 2.79. The number of piperazine rings is 1. The van der Waals surface area contributed by atoms with Gasteiger partial charge in [-0.1, -0.05) is 44.2 Å². The van der Waals surface area contributed by atoms with E-state index in [1.165, 1.54) is 6.07 Å². The van der Waals surface area contributed by atoms with Gasteiger partial charge in [-0.2, -0.15) is 0 Å². The summed E-state index contributed by atoms with van der Waals surface area (Å²) in [6.07, 6.45) is 0.734. The molecule has 1 aliphatic rings. The number of hydrogen-bond donors (Lipinski definition) is 1. The summed E-state index contributed by atoms with van der Waals surface area (Å²) in [5.74, 6) is -0.466. The maximum absolute atomic E-state index is 14.9. The first-order valence-electron chi connectivity index (χ1n) is 12.3. The number of hydrogen-bond acceptors (Lipinski definition) is 4. The number of halogens is 1. The molecule has 184 valence electrons. The molecular weight excluding hydrogens is 431 g/mol. The Kier molecular flexibility index (Phi) is 9.05. The molecule has 34 heavy (non-hydrogen) atoms. The average Bonchev–Trinajstić information content (AvgIpc) is 2.86. The summed E-state index contributed by atoms with van der Waals surface area (Å²) in [6, 6.07) is 14.4. The van der Waals surface area contributed by atoms with Crippen LogP contribution in [0.4, 0.5) is 15.8 Å². The van der Waals surface area contributed by atoms with Crippen molar-refractivity contribution in [3.05, 3.63) is 59.9 Å². The third kappa shape index (κ3) is 5.95. The van der Waals surface area contributed by atoms with Gasteiger partial charge in [0.05, 0.1) is 5.69 Å². The van der Waals surface area contributed by atoms with E-state index in [-0.39, 0.29) is 29.6 Å². The van der Waals surface area contributed by atoms with Crippen molar-refractivity contribution in [2.45, 2.75) is 40.2 Å². The van der Waals surface area contributed by atoms with Crippen LogP contribution in [0.3, 0.4) is 0 Å². The Bertz CT molecular complexity index is 956. The van der Waals surface area contributed by atoms with Crippen LogP contribution in [0, 0.1) is 11.7 Å². The highest BCUT2D eigenvalue weighted by molar-refractivity contribution is 5.92. The zero-order chi connectivity index (χ0) is 24.7. The molecule has 0 aromatic heterocycles. The summed E-state index contributed by atoms with van der Waals surface area (Å²) in [4.78, 5) is 31.6. The summed E-state index contributed by atoms with van der Waals surface area (Å²) in [5.41, 5.74) is 1.98. The molecule has 1 N–H and O–H groups in total. The number of rotatable bonds is 9. The van der Waals surface area contributed by atoms with Gasteiger partial charge in [-0.3, -0.25) is 14.5 Å². The van der Waals surface area contributed by atoms with Crippen molar-refractivity contribution in [2.75, 3.05) is 49.5 Å². The van der Waals surface area contributed by atoms with Crippen LogP contribution in [0.25, 0.3) is 0 Å². The van der Waals surface area contributed by atoms with Crippen molar-refractivity contribution in [3.63, 3.8) is 0 Å². The second-order valence-corrected chi connectivity index (χ2v) is 8.81. The van der Waals surface area contributed by atoms with Crippen LogP contribution in [0.2, 0.25) is 0 Å². The Morgan fingerprint density at radius 3 is 2.21 bits per heavy atom. The molecule has 1 unspecified atom stereocenters. The fraction of sp³-hybridized carbons (Fsp3) is 0.481. The number of anilines is 2. The fourth-order valence-corrected chi connectivity index (χ4v) is 4.37. The van der Waals surface area contributed by atoms with Crippen LogP contribution < -0.4 is 10.2 Å². The minimum Gasteiger partial charge on any atom is -0.367 e. The molecule has 0 radical (unpaired) electrons. The largest absolute Gasteiger partial charge is 0.367 e. The van der Waals surface area contributed by atoms with Crippen molar-refractivity contribution in [1.82, 2.24) is 9.80 Å². The van der Waals surface area contributed by atoms with Gasteiger partial charge >= 0.3 is 0 Å². The number of amides is 2. The topological polar surface area (TPSA) is 55.9 Å². The molecule has 0 spiro atoms. The maximum atomic E-state index is 14.9. The zero-order valence-electron chi connectivity index (χ0n) is 20.8. The van der Waals surface area contributed by atoms with Gasteiger partial charge in [-0.25, -0.2) is 4.39 Å². The molecule has 2 atom stereocenters. The molecule has 2 amide bonds. The van der Waals surface area contributed by atoms with E-state index in [2.05, 4.69) is 10.2 Å². The molecule has 7 heteroatoms. The molecule has 2 aromatic carbocycles. The van der Waals surface area contributed by atoms with E-state index in [0.29, 0.717) is 50.6 Å². The van der Waals surface area contributed by atoms with Crippen LogP contribution in [0.15, 0.2) is 48.5 Å². The molecular formula is C27H37FN4O2. The van der Waals surface area contributed by atoms with Crippen LogP contribution in [0.5, 0.6) is 0 Å². The van der Waals surface area contributed by atoms with Crippen LogP contribution in [0.1, 0.15) is 45.7 Å². The first-order chi connectivity index (χ1) is 16.4. The molecule has 0 aliphatic carbocycles. The van der Waals surface area contributed by atoms with Gasteiger partial charge in [0.15, 0.2) is 0 Å². The molecule has 1 saturated heterocycles. The number of nitrogens with one attached hydrogen (secondary N) is 1. The Balaban J connectivity index is 1.71. The normalized spacial score (nSPS) is 16.1. The average molecular weight is 469 g/mol. The third-order valence-electron chi connectivity index (χ3n) is 6.72. The number of benzene rings is 2. The molecule has 1 aliphatic heterocycles. The molecule has 0 bridgehead atoms. The summed E-state index contributed by atoms with van der Waals surface area (Å²) < 4.78 is 14.9. The van der Waals surface area contributed by atoms with Gasteiger partial charge in [0.1, 0.15) is 11.9 Å². The van der Waals surface area contributed by atoms with Crippen molar-refractivity contribution in [1.29, 1.82) is 0 Å². The Morgan fingerprint density at radius 1 is 1.00 bits per heavy atom. The minimum absolute atomic E-state index is 0.104. The number of carbonyl (C=O) groups is 2. The quantitative estimate of drug-likeness (QED) is 0.587. The summed E-state index contributed by atoms with van der Waals surface area (Å²) in [7, 11) is 0. The van der Waals surface area contributed by atoms with Gasteiger partial charge in [0.2, 0.25) is 11.8 Å². The van der Waals surface area contributed by atoms with Gasteiger partial charge in [0, 0.05) is 50.9 Å². The van der Waals surface area contributed by atoms with E-state index in [1.807, 2.05) is 67.8 Å². The number of likely N-dealkylation sites (N-methyl/N-ethyl adjacent to an activating group) is 1. The van der Waals surface area contributed by atoms with E-state index in [1.54, 1.807) is 12.1 Å². The fourth-order valence-electron chi connectivity index (χ4n) is 4.37. The summed E-state index contributed by atoms with van der Waals surface area (Å²) >= 11 is 0. The lowest BCUT2D eigenvalue weighted by atomic mass is 10.0. The highest BCUT2D eigenvalue weighted by Gasteiger charge is 2.33. The second-order valence-electron chi connectivity index (χ2n) is 8.81. The van der Waals surface area contributed by atoms with Crippen molar-refractivity contribution in [2.24, 2.45) is 5.92 Å². The number of carbonyl (C=O) groups excluding carboxylic acids is 2. The zero-order valence-corrected chi connectivity index (χ0v) is 20.8. The first kappa shape index (κ1) is 25.7. The highest BCUT2D eigenvalue weighted by Crippen LogP contribution is 2.28. The number of nitrogens with zero attached hydrogens (tertiary/aromatic N) is 3. The predicted molar refractivity (Wildman–Crippen MR) is 135 cm³/mol. The van der Waals surface area contributed by atoms with E-state index in [4.69, 9.17) is 0 Å². The molecule has 1 heterocycles. The van der Waals surface area contributed by atoms with Gasteiger partial charge in [0.25, 0.3) is 0 Å². The molecule has 2 aromatic rings. The monoisotopic (exact) mass is 468 g/mol. The van der Waals surface area contributed by atoms with E-state index < -0.39 is 0 Å². The molecule has 6 nitrogen and oxygen atoms in total. The van der Waals surface area contributed by atoms with E-state index in [9.17, 15) is 14.0 Å². The van der Waals surface area contributed by atoms with E-state index >= 15 is 0 Å². The van der Waals surface area contributed by atoms with Crippen molar-refractivity contribution >= 4 is 23.2 Å². The lowest BCUT2D eigenvalue weighted by molar-refractivity contribution is -0.137. The maximum Gasteiger partial charge on any atom is 0.244 e. The first-order valence-corrected chi connectivity index (χ1v) is 12.3. The van der Waals surface area contributed by atoms with Gasteiger partial charge < -0.3 is 15.1 Å². The molecule has 3 rings (SSSR count). The SMILES string of the molecule is CCC(C)C(=O)Nc1ccc(N2CCN([C@H](C(=O)N(CC)CC)c3ccccc3)CC2)c(F)c1. The van der Waals surface area contributed by atoms with Crippen LogP contribution >= 0.6 is 0 Å². The van der Waals surface area contributed by atoms with Crippen molar-refractivity contribution < 1.29 is 14.0 Å². The standard InChI is InChI=1S/C27H37FN4O2/c1-5-20(4)26(33)29-22-13-14-24(23(28)19-22)31-15-17-32(18-16-31)25(21-11-9-8-10-12-21)27(34)30(6-2)7-3/h8-14,19-20,25H,5-7,15-18H2,1-4H3,(H,29,33)/t20?,25-/m0/s1. The van der Waals surface area contributed by atoms with Gasteiger partial charge in [-0.15, -0.1) is 0 Å². The molecule has 0 saturated carbocycles. The van der Waals surface area contributed by atoms with Gasteiger partial charge in [-0.05, 0) is 44.0 Å². The minimum atomic E-state index is -0.353. The van der Waals surface area contributed by atoms with Crippen LogP contribution in [-0.2, 0) is 9.59 Å². The lowest BCUT2D eigenvalue weighted by Gasteiger charge is -2.41. The Hall–Kier alpha value is -2.93.